The number of fused-ring (bicyclic) bond motifs is 1. The number of carbonyl (C=O) groups excluding carboxylic acids is 1. The van der Waals surface area contributed by atoms with Gasteiger partial charge in [-0.1, -0.05) is 6.07 Å². The van der Waals surface area contributed by atoms with Gasteiger partial charge in [-0.15, -0.1) is 24.0 Å². The number of aryl methyl sites for hydroxylation is 1. The van der Waals surface area contributed by atoms with Crippen LogP contribution in [0.2, 0.25) is 0 Å². The molecule has 0 fully saturated rings. The van der Waals surface area contributed by atoms with Gasteiger partial charge in [0.2, 0.25) is 5.91 Å². The van der Waals surface area contributed by atoms with Crippen LogP contribution in [-0.4, -0.2) is 43.7 Å². The number of anilines is 2. The maximum atomic E-state index is 12.1. The van der Waals surface area contributed by atoms with E-state index < -0.39 is 0 Å². The Hall–Kier alpha value is -2.56. The quantitative estimate of drug-likeness (QED) is 0.324. The lowest BCUT2D eigenvalue weighted by Gasteiger charge is -2.14. The number of carbonyl (C=O) groups is 1. The molecular weight excluding hydrogens is 485 g/mol. The van der Waals surface area contributed by atoms with Crippen molar-refractivity contribution in [2.45, 2.75) is 19.8 Å². The van der Waals surface area contributed by atoms with Gasteiger partial charge in [0.15, 0.2) is 17.5 Å². The van der Waals surface area contributed by atoms with Crippen molar-refractivity contribution in [1.82, 2.24) is 10.3 Å². The van der Waals surface area contributed by atoms with E-state index in [-0.39, 0.29) is 36.3 Å². The summed E-state index contributed by atoms with van der Waals surface area (Å²) in [5, 5.41) is 9.10. The van der Waals surface area contributed by atoms with E-state index in [1.54, 1.807) is 13.1 Å². The summed E-state index contributed by atoms with van der Waals surface area (Å²) < 4.78 is 11.3. The molecule has 2 heterocycles. The molecule has 2 aromatic rings. The summed E-state index contributed by atoms with van der Waals surface area (Å²) >= 11 is 0. The van der Waals surface area contributed by atoms with Crippen molar-refractivity contribution in [3.63, 3.8) is 0 Å². The maximum absolute atomic E-state index is 12.1. The van der Waals surface area contributed by atoms with Gasteiger partial charge in [0.05, 0.1) is 13.2 Å². The number of nitrogens with one attached hydrogen (secondary N) is 3. The number of halogens is 1. The number of ether oxygens (including phenoxy) is 2. The molecule has 0 radical (unpaired) electrons. The van der Waals surface area contributed by atoms with E-state index in [9.17, 15) is 4.79 Å². The molecule has 29 heavy (non-hydrogen) atoms. The number of hydrogen-bond donors (Lipinski definition) is 3. The number of benzene rings is 1. The number of nitrogens with zero attached hydrogens (tertiary/aromatic N) is 2. The number of aromatic nitrogens is 1. The third-order valence-corrected chi connectivity index (χ3v) is 4.03. The fourth-order valence-electron chi connectivity index (χ4n) is 2.67. The minimum absolute atomic E-state index is 0. The average Bonchev–Trinajstić information content (AvgIpc) is 2.92. The third-order valence-electron chi connectivity index (χ3n) is 4.03. The van der Waals surface area contributed by atoms with E-state index >= 15 is 0 Å². The van der Waals surface area contributed by atoms with Crippen LogP contribution in [0, 0.1) is 6.92 Å². The molecule has 0 atom stereocenters. The summed E-state index contributed by atoms with van der Waals surface area (Å²) in [5.74, 6) is 2.46. The lowest BCUT2D eigenvalue weighted by Crippen LogP contribution is -2.33. The highest BCUT2D eigenvalue weighted by atomic mass is 127. The molecule has 0 unspecified atom stereocenters. The summed E-state index contributed by atoms with van der Waals surface area (Å²) in [5.41, 5.74) is 1.68. The van der Waals surface area contributed by atoms with E-state index in [4.69, 9.17) is 9.47 Å². The van der Waals surface area contributed by atoms with Gasteiger partial charge in [-0.05, 0) is 31.2 Å². The molecule has 1 aromatic heterocycles. The topological polar surface area (TPSA) is 96.9 Å². The molecule has 1 aliphatic rings. The van der Waals surface area contributed by atoms with E-state index in [2.05, 4.69) is 25.9 Å². The molecule has 0 bridgehead atoms. The van der Waals surface area contributed by atoms with Gasteiger partial charge < -0.3 is 25.4 Å². The Morgan fingerprint density at radius 3 is 2.69 bits per heavy atom. The predicted octanol–water partition coefficient (Wildman–Crippen LogP) is 3.19. The van der Waals surface area contributed by atoms with E-state index in [1.807, 2.05) is 37.3 Å². The smallest absolute Gasteiger partial charge is 0.227 e. The first-order chi connectivity index (χ1) is 13.6. The zero-order valence-corrected chi connectivity index (χ0v) is 18.9. The largest absolute Gasteiger partial charge is 0.490 e. The molecule has 0 saturated carbocycles. The van der Waals surface area contributed by atoms with Crippen LogP contribution >= 0.6 is 24.0 Å². The van der Waals surface area contributed by atoms with Crippen LogP contribution in [0.15, 0.2) is 41.4 Å². The standard InChI is InChI=1S/C20H25N5O3.HI/c1-14-5-3-6-18(23-14)25-19(26)9-10-22-20(21-2)24-15-7-8-16-17(13-15)28-12-4-11-27-16;/h3,5-8,13H,4,9-12H2,1-2H3,(H2,21,22,24)(H,23,25,26);1H. The van der Waals surface area contributed by atoms with Crippen molar-refractivity contribution < 1.29 is 14.3 Å². The fraction of sp³-hybridized carbons (Fsp3) is 0.350. The number of pyridine rings is 1. The molecule has 3 rings (SSSR count). The normalized spacial score (nSPS) is 13.0. The highest BCUT2D eigenvalue weighted by Gasteiger charge is 2.11. The molecule has 0 aliphatic carbocycles. The number of guanidine groups is 1. The Labute approximate surface area is 187 Å². The molecule has 0 spiro atoms. The Kier molecular flexibility index (Phi) is 8.97. The van der Waals surface area contributed by atoms with Crippen LogP contribution in [0.5, 0.6) is 11.5 Å². The minimum Gasteiger partial charge on any atom is -0.490 e. The second kappa shape index (κ2) is 11.4. The lowest BCUT2D eigenvalue weighted by atomic mass is 10.2. The molecule has 8 nitrogen and oxygen atoms in total. The van der Waals surface area contributed by atoms with Gasteiger partial charge in [-0.25, -0.2) is 4.98 Å². The summed E-state index contributed by atoms with van der Waals surface area (Å²) in [6.07, 6.45) is 1.15. The van der Waals surface area contributed by atoms with Crippen molar-refractivity contribution in [3.05, 3.63) is 42.1 Å². The Balaban J connectivity index is 0.00000300. The van der Waals surface area contributed by atoms with Crippen LogP contribution in [0.4, 0.5) is 11.5 Å². The van der Waals surface area contributed by atoms with Gasteiger partial charge >= 0.3 is 0 Å². The zero-order valence-electron chi connectivity index (χ0n) is 16.5. The van der Waals surface area contributed by atoms with Crippen LogP contribution in [-0.2, 0) is 4.79 Å². The van der Waals surface area contributed by atoms with Gasteiger partial charge in [-0.3, -0.25) is 9.79 Å². The Bertz CT molecular complexity index is 860. The molecular formula is C20H26IN5O3. The van der Waals surface area contributed by atoms with Gasteiger partial charge in [0, 0.05) is 43.9 Å². The summed E-state index contributed by atoms with van der Waals surface area (Å²) in [7, 11) is 1.68. The van der Waals surface area contributed by atoms with Crippen molar-refractivity contribution in [3.8, 4) is 11.5 Å². The number of amides is 1. The number of hydrogen-bond acceptors (Lipinski definition) is 5. The van der Waals surface area contributed by atoms with Gasteiger partial charge in [-0.2, -0.15) is 0 Å². The molecule has 1 aliphatic heterocycles. The second-order valence-corrected chi connectivity index (χ2v) is 6.30. The number of aliphatic imine (C=N–C) groups is 1. The maximum Gasteiger partial charge on any atom is 0.227 e. The van der Waals surface area contributed by atoms with E-state index in [0.29, 0.717) is 37.3 Å². The first-order valence-electron chi connectivity index (χ1n) is 9.25. The zero-order chi connectivity index (χ0) is 19.8. The molecule has 1 aromatic carbocycles. The van der Waals surface area contributed by atoms with Crippen LogP contribution in [0.1, 0.15) is 18.5 Å². The van der Waals surface area contributed by atoms with Crippen molar-refractivity contribution in [2.75, 3.05) is 37.4 Å². The highest BCUT2D eigenvalue weighted by molar-refractivity contribution is 14.0. The SMILES string of the molecule is CN=C(NCCC(=O)Nc1cccc(C)n1)Nc1ccc2c(c1)OCCCO2.I. The monoisotopic (exact) mass is 511 g/mol. The van der Waals surface area contributed by atoms with Gasteiger partial charge in [0.25, 0.3) is 0 Å². The third kappa shape index (κ3) is 7.08. The Morgan fingerprint density at radius 1 is 1.14 bits per heavy atom. The molecule has 1 amide bonds. The summed E-state index contributed by atoms with van der Waals surface area (Å²) in [6, 6.07) is 11.2. The lowest BCUT2D eigenvalue weighted by molar-refractivity contribution is -0.116. The summed E-state index contributed by atoms with van der Waals surface area (Å²) in [4.78, 5) is 20.5. The highest BCUT2D eigenvalue weighted by Crippen LogP contribution is 2.32. The van der Waals surface area contributed by atoms with Crippen LogP contribution in [0.25, 0.3) is 0 Å². The first-order valence-corrected chi connectivity index (χ1v) is 9.25. The van der Waals surface area contributed by atoms with Gasteiger partial charge in [0.1, 0.15) is 5.82 Å². The minimum atomic E-state index is -0.114. The average molecular weight is 511 g/mol. The molecule has 156 valence electrons. The predicted molar refractivity (Wildman–Crippen MR) is 125 cm³/mol. The van der Waals surface area contributed by atoms with Crippen LogP contribution < -0.4 is 25.4 Å². The summed E-state index contributed by atoms with van der Waals surface area (Å²) in [6.45, 7) is 3.60. The second-order valence-electron chi connectivity index (χ2n) is 6.30. The molecule has 9 heteroatoms. The molecule has 0 saturated heterocycles. The van der Waals surface area contributed by atoms with Crippen molar-refractivity contribution >= 4 is 47.3 Å². The van der Waals surface area contributed by atoms with Crippen molar-refractivity contribution in [1.29, 1.82) is 0 Å². The Morgan fingerprint density at radius 2 is 1.93 bits per heavy atom. The van der Waals surface area contributed by atoms with Crippen LogP contribution in [0.3, 0.4) is 0 Å². The fourth-order valence-corrected chi connectivity index (χ4v) is 2.67. The van der Waals surface area contributed by atoms with Crippen molar-refractivity contribution in [2.24, 2.45) is 4.99 Å². The first kappa shape index (κ1) is 22.7. The van der Waals surface area contributed by atoms with E-state index in [1.165, 1.54) is 0 Å². The van der Waals surface area contributed by atoms with E-state index in [0.717, 1.165) is 23.6 Å². The number of rotatable bonds is 5. The molecule has 3 N–H and O–H groups in total.